The van der Waals surface area contributed by atoms with Gasteiger partial charge in [-0.15, -0.1) is 0 Å². The normalized spacial score (nSPS) is 19.4. The third-order valence-corrected chi connectivity index (χ3v) is 6.01. The van der Waals surface area contributed by atoms with E-state index in [1.165, 1.54) is 19.2 Å². The van der Waals surface area contributed by atoms with Gasteiger partial charge < -0.3 is 26.0 Å². The molecule has 0 aromatic heterocycles. The molecule has 1 heterocycles. The highest BCUT2D eigenvalue weighted by Gasteiger charge is 2.51. The number of carbonyl (C=O) groups is 1. The van der Waals surface area contributed by atoms with Crippen LogP contribution in [0, 0.1) is 11.6 Å². The fourth-order valence-electron chi connectivity index (χ4n) is 4.08. The van der Waals surface area contributed by atoms with Crippen molar-refractivity contribution >= 4 is 17.5 Å². The molecule has 6 nitrogen and oxygen atoms in total. The monoisotopic (exact) mass is 460 g/mol. The van der Waals surface area contributed by atoms with Crippen molar-refractivity contribution in [3.8, 4) is 22.6 Å². The SMILES string of the molecule is COc1ccc(C(N)=O)c(-c2c(Cl)c(F)cc3c2C(O)C(CN)(c2ccccc2)O3)c1F. The molecule has 1 aliphatic rings. The van der Waals surface area contributed by atoms with Gasteiger partial charge >= 0.3 is 0 Å². The maximum Gasteiger partial charge on any atom is 0.249 e. The number of ether oxygens (including phenoxy) is 2. The number of halogens is 3. The molecular weight excluding hydrogens is 442 g/mol. The Labute approximate surface area is 187 Å². The summed E-state index contributed by atoms with van der Waals surface area (Å²) in [4.78, 5) is 12.1. The summed E-state index contributed by atoms with van der Waals surface area (Å²) >= 11 is 6.27. The summed E-state index contributed by atoms with van der Waals surface area (Å²) in [6.07, 6.45) is -1.47. The van der Waals surface area contributed by atoms with Crippen LogP contribution in [0.15, 0.2) is 48.5 Å². The molecule has 3 aromatic carbocycles. The van der Waals surface area contributed by atoms with Crippen LogP contribution in [-0.2, 0) is 5.60 Å². The second-order valence-electron chi connectivity index (χ2n) is 7.29. The van der Waals surface area contributed by atoms with Gasteiger partial charge in [0.2, 0.25) is 5.91 Å². The Bertz CT molecular complexity index is 1220. The molecule has 0 fully saturated rings. The van der Waals surface area contributed by atoms with Crippen molar-refractivity contribution in [2.45, 2.75) is 11.7 Å². The summed E-state index contributed by atoms with van der Waals surface area (Å²) in [6, 6.07) is 12.1. The maximum atomic E-state index is 15.4. The van der Waals surface area contributed by atoms with Crippen molar-refractivity contribution in [1.29, 1.82) is 0 Å². The number of aliphatic hydroxyl groups is 1. The molecular formula is C23H19ClF2N2O4. The van der Waals surface area contributed by atoms with Gasteiger partial charge in [0, 0.05) is 29.3 Å². The van der Waals surface area contributed by atoms with Crippen molar-refractivity contribution in [2.24, 2.45) is 11.5 Å². The summed E-state index contributed by atoms with van der Waals surface area (Å²) in [5.74, 6) is -3.21. The highest BCUT2D eigenvalue weighted by molar-refractivity contribution is 6.34. The lowest BCUT2D eigenvalue weighted by Gasteiger charge is -2.31. The van der Waals surface area contributed by atoms with Crippen LogP contribution >= 0.6 is 11.6 Å². The number of carbonyl (C=O) groups excluding carboxylic acids is 1. The molecule has 0 aliphatic carbocycles. The van der Waals surface area contributed by atoms with E-state index in [9.17, 15) is 14.3 Å². The molecule has 0 spiro atoms. The number of aliphatic hydroxyl groups excluding tert-OH is 1. The van der Waals surface area contributed by atoms with Gasteiger partial charge in [0.05, 0.1) is 17.7 Å². The molecule has 0 saturated heterocycles. The van der Waals surface area contributed by atoms with Gasteiger partial charge in [-0.1, -0.05) is 41.9 Å². The maximum absolute atomic E-state index is 15.4. The van der Waals surface area contributed by atoms with E-state index in [-0.39, 0.29) is 34.7 Å². The molecule has 9 heteroatoms. The van der Waals surface area contributed by atoms with Crippen LogP contribution in [0.2, 0.25) is 5.02 Å². The van der Waals surface area contributed by atoms with E-state index in [1.807, 2.05) is 0 Å². The highest BCUT2D eigenvalue weighted by atomic mass is 35.5. The summed E-state index contributed by atoms with van der Waals surface area (Å²) in [6.45, 7) is -0.186. The molecule has 5 N–H and O–H groups in total. The van der Waals surface area contributed by atoms with Gasteiger partial charge in [-0.25, -0.2) is 8.78 Å². The van der Waals surface area contributed by atoms with Gasteiger partial charge in [0.15, 0.2) is 17.2 Å². The predicted molar refractivity (Wildman–Crippen MR) is 115 cm³/mol. The van der Waals surface area contributed by atoms with Crippen LogP contribution in [0.25, 0.3) is 11.1 Å². The third kappa shape index (κ3) is 3.10. The van der Waals surface area contributed by atoms with Crippen molar-refractivity contribution in [3.63, 3.8) is 0 Å². The second kappa shape index (κ2) is 8.05. The fourth-order valence-corrected chi connectivity index (χ4v) is 4.33. The molecule has 3 aromatic rings. The molecule has 2 unspecified atom stereocenters. The van der Waals surface area contributed by atoms with Crippen LogP contribution in [0.1, 0.15) is 27.6 Å². The average Bonchev–Trinajstić information content (AvgIpc) is 3.07. The summed E-state index contributed by atoms with van der Waals surface area (Å²) in [5.41, 5.74) is 9.56. The number of fused-ring (bicyclic) bond motifs is 1. The first-order valence-corrected chi connectivity index (χ1v) is 9.95. The number of primary amides is 1. The zero-order valence-corrected chi connectivity index (χ0v) is 17.6. The van der Waals surface area contributed by atoms with Crippen LogP contribution in [0.5, 0.6) is 11.5 Å². The Morgan fingerprint density at radius 3 is 2.50 bits per heavy atom. The Kier molecular flexibility index (Phi) is 5.54. The number of benzene rings is 3. The van der Waals surface area contributed by atoms with Crippen LogP contribution < -0.4 is 20.9 Å². The average molecular weight is 461 g/mol. The summed E-state index contributed by atoms with van der Waals surface area (Å²) < 4.78 is 41.3. The molecule has 32 heavy (non-hydrogen) atoms. The van der Waals surface area contributed by atoms with Gasteiger partial charge in [-0.05, 0) is 17.7 Å². The number of rotatable bonds is 5. The second-order valence-corrected chi connectivity index (χ2v) is 7.67. The molecule has 0 radical (unpaired) electrons. The van der Waals surface area contributed by atoms with Crippen LogP contribution in [0.3, 0.4) is 0 Å². The minimum Gasteiger partial charge on any atom is -0.494 e. The number of hydrogen-bond acceptors (Lipinski definition) is 5. The molecule has 1 aliphatic heterocycles. The highest BCUT2D eigenvalue weighted by Crippen LogP contribution is 2.55. The van der Waals surface area contributed by atoms with E-state index in [0.29, 0.717) is 5.56 Å². The topological polar surface area (TPSA) is 108 Å². The first-order valence-electron chi connectivity index (χ1n) is 9.58. The van der Waals surface area contributed by atoms with E-state index >= 15 is 4.39 Å². The largest absolute Gasteiger partial charge is 0.494 e. The summed E-state index contributed by atoms with van der Waals surface area (Å²) in [7, 11) is 1.23. The number of nitrogens with two attached hydrogens (primary N) is 2. The van der Waals surface area contributed by atoms with Gasteiger partial charge in [0.1, 0.15) is 17.7 Å². The molecule has 4 rings (SSSR count). The molecule has 0 bridgehead atoms. The standard InChI is InChI=1S/C23H19ClF2N2O4/c1-31-14-8-7-12(22(28)30)16(20(14)26)18-17-15(9-13(25)19(18)24)32-23(10-27,21(17)29)11-5-3-2-4-6-11/h2-9,21,29H,10,27H2,1H3,(H2,28,30). The van der Waals surface area contributed by atoms with Crippen LogP contribution in [-0.4, -0.2) is 24.7 Å². The van der Waals surface area contributed by atoms with Crippen molar-refractivity contribution < 1.29 is 28.2 Å². The van der Waals surface area contributed by atoms with Crippen molar-refractivity contribution in [1.82, 2.24) is 0 Å². The summed E-state index contributed by atoms with van der Waals surface area (Å²) in [5, 5.41) is 10.9. The lowest BCUT2D eigenvalue weighted by molar-refractivity contribution is -0.0256. The Balaban J connectivity index is 2.07. The first-order chi connectivity index (χ1) is 15.3. The lowest BCUT2D eigenvalue weighted by Crippen LogP contribution is -2.42. The molecule has 1 amide bonds. The first kappa shape index (κ1) is 22.0. The van der Waals surface area contributed by atoms with Gasteiger partial charge in [0.25, 0.3) is 0 Å². The minimum atomic E-state index is -1.49. The fraction of sp³-hybridized carbons (Fsp3) is 0.174. The number of amides is 1. The lowest BCUT2D eigenvalue weighted by atomic mass is 9.83. The van der Waals surface area contributed by atoms with E-state index in [2.05, 4.69) is 0 Å². The van der Waals surface area contributed by atoms with E-state index < -0.39 is 39.8 Å². The van der Waals surface area contributed by atoms with E-state index in [1.54, 1.807) is 30.3 Å². The zero-order valence-electron chi connectivity index (χ0n) is 16.9. The minimum absolute atomic E-state index is 0.0136. The molecule has 2 atom stereocenters. The Morgan fingerprint density at radius 2 is 1.91 bits per heavy atom. The molecule has 166 valence electrons. The quantitative estimate of drug-likeness (QED) is 0.538. The van der Waals surface area contributed by atoms with Crippen molar-refractivity contribution in [3.05, 3.63) is 81.9 Å². The number of methoxy groups -OCH3 is 1. The molecule has 0 saturated carbocycles. The van der Waals surface area contributed by atoms with Crippen LogP contribution in [0.4, 0.5) is 8.78 Å². The Morgan fingerprint density at radius 1 is 1.22 bits per heavy atom. The number of hydrogen-bond donors (Lipinski definition) is 3. The van der Waals surface area contributed by atoms with Gasteiger partial charge in [-0.2, -0.15) is 0 Å². The predicted octanol–water partition coefficient (Wildman–Crippen LogP) is 3.67. The zero-order chi connectivity index (χ0) is 23.2. The van der Waals surface area contributed by atoms with Gasteiger partial charge in [-0.3, -0.25) is 4.79 Å². The van der Waals surface area contributed by atoms with E-state index in [0.717, 1.165) is 6.07 Å². The smallest absolute Gasteiger partial charge is 0.249 e. The van der Waals surface area contributed by atoms with Crippen molar-refractivity contribution in [2.75, 3.05) is 13.7 Å². The third-order valence-electron chi connectivity index (χ3n) is 5.64. The van der Waals surface area contributed by atoms with E-state index in [4.69, 9.17) is 32.5 Å². The Hall–Kier alpha value is -3.20.